The van der Waals surface area contributed by atoms with Crippen molar-refractivity contribution in [1.29, 1.82) is 0 Å². The molecule has 18 heavy (non-hydrogen) atoms. The molecule has 1 rings (SSSR count). The standard InChI is InChI=1S/C14H21NO3/c1-5-15(4)14(17)9-18-13-8-10(2)6-7-12(13)11(3)16/h6-8,11,16H,5,9H2,1-4H3/t11-/m0/s1. The van der Waals surface area contributed by atoms with Crippen LogP contribution >= 0.6 is 0 Å². The van der Waals surface area contributed by atoms with Gasteiger partial charge in [0.25, 0.3) is 5.91 Å². The van der Waals surface area contributed by atoms with Crippen LogP contribution in [0.4, 0.5) is 0 Å². The number of hydrogen-bond acceptors (Lipinski definition) is 3. The SMILES string of the molecule is CCN(C)C(=O)COc1cc(C)ccc1[C@H](C)O. The van der Waals surface area contributed by atoms with Gasteiger partial charge in [-0.2, -0.15) is 0 Å². The summed E-state index contributed by atoms with van der Waals surface area (Å²) in [5.41, 5.74) is 1.73. The summed E-state index contributed by atoms with van der Waals surface area (Å²) >= 11 is 0. The Morgan fingerprint density at radius 1 is 1.50 bits per heavy atom. The molecular weight excluding hydrogens is 230 g/mol. The molecule has 0 aliphatic carbocycles. The molecule has 4 nitrogen and oxygen atoms in total. The summed E-state index contributed by atoms with van der Waals surface area (Å²) in [5, 5.41) is 9.64. The van der Waals surface area contributed by atoms with Crippen molar-refractivity contribution < 1.29 is 14.6 Å². The number of benzene rings is 1. The highest BCUT2D eigenvalue weighted by Gasteiger charge is 2.12. The zero-order valence-electron chi connectivity index (χ0n) is 11.4. The Bertz CT molecular complexity index is 416. The van der Waals surface area contributed by atoms with Crippen molar-refractivity contribution in [2.24, 2.45) is 0 Å². The molecule has 0 heterocycles. The van der Waals surface area contributed by atoms with Crippen molar-refractivity contribution >= 4 is 5.91 Å². The number of hydrogen-bond donors (Lipinski definition) is 1. The molecular formula is C14H21NO3. The van der Waals surface area contributed by atoms with E-state index in [0.717, 1.165) is 5.56 Å². The topological polar surface area (TPSA) is 49.8 Å². The summed E-state index contributed by atoms with van der Waals surface area (Å²) in [6, 6.07) is 5.57. The predicted molar refractivity (Wildman–Crippen MR) is 70.6 cm³/mol. The minimum Gasteiger partial charge on any atom is -0.483 e. The average Bonchev–Trinajstić information content (AvgIpc) is 2.34. The molecule has 1 atom stereocenters. The predicted octanol–water partition coefficient (Wildman–Crippen LogP) is 1.91. The van der Waals surface area contributed by atoms with Gasteiger partial charge in [-0.3, -0.25) is 4.79 Å². The number of carbonyl (C=O) groups excluding carboxylic acids is 1. The molecule has 0 aliphatic rings. The molecule has 0 bridgehead atoms. The summed E-state index contributed by atoms with van der Waals surface area (Å²) in [6.07, 6.45) is -0.611. The van der Waals surface area contributed by atoms with Gasteiger partial charge in [0.15, 0.2) is 6.61 Å². The van der Waals surface area contributed by atoms with E-state index in [4.69, 9.17) is 4.74 Å². The maximum absolute atomic E-state index is 11.7. The lowest BCUT2D eigenvalue weighted by Gasteiger charge is -2.17. The zero-order valence-corrected chi connectivity index (χ0v) is 11.4. The first kappa shape index (κ1) is 14.5. The number of aliphatic hydroxyl groups is 1. The lowest BCUT2D eigenvalue weighted by molar-refractivity contribution is -0.131. The number of ether oxygens (including phenoxy) is 1. The minimum atomic E-state index is -0.611. The highest BCUT2D eigenvalue weighted by molar-refractivity contribution is 5.77. The Morgan fingerprint density at radius 3 is 2.72 bits per heavy atom. The Hall–Kier alpha value is -1.55. The van der Waals surface area contributed by atoms with Crippen LogP contribution in [0.2, 0.25) is 0 Å². The molecule has 1 aromatic carbocycles. The molecule has 0 spiro atoms. The first-order valence-electron chi connectivity index (χ1n) is 6.11. The summed E-state index contributed by atoms with van der Waals surface area (Å²) < 4.78 is 5.51. The van der Waals surface area contributed by atoms with Crippen LogP contribution in [-0.4, -0.2) is 36.1 Å². The van der Waals surface area contributed by atoms with Crippen molar-refractivity contribution in [3.63, 3.8) is 0 Å². The maximum Gasteiger partial charge on any atom is 0.260 e. The Balaban J connectivity index is 2.77. The molecule has 1 N–H and O–H groups in total. The summed E-state index contributed by atoms with van der Waals surface area (Å²) in [4.78, 5) is 13.2. The van der Waals surface area contributed by atoms with Crippen molar-refractivity contribution in [2.75, 3.05) is 20.2 Å². The van der Waals surface area contributed by atoms with Crippen LogP contribution in [0.5, 0.6) is 5.75 Å². The molecule has 1 aromatic rings. The maximum atomic E-state index is 11.7. The largest absolute Gasteiger partial charge is 0.483 e. The van der Waals surface area contributed by atoms with E-state index in [1.807, 2.05) is 32.0 Å². The number of amides is 1. The first-order chi connectivity index (χ1) is 8.45. The first-order valence-corrected chi connectivity index (χ1v) is 6.11. The van der Waals surface area contributed by atoms with E-state index in [-0.39, 0.29) is 12.5 Å². The van der Waals surface area contributed by atoms with Crippen molar-refractivity contribution in [1.82, 2.24) is 4.90 Å². The van der Waals surface area contributed by atoms with Gasteiger partial charge in [0.2, 0.25) is 0 Å². The Kier molecular flexibility index (Phi) is 5.16. The number of rotatable bonds is 5. The van der Waals surface area contributed by atoms with Crippen molar-refractivity contribution in [3.8, 4) is 5.75 Å². The van der Waals surface area contributed by atoms with Gasteiger partial charge < -0.3 is 14.7 Å². The van der Waals surface area contributed by atoms with Crippen molar-refractivity contribution in [3.05, 3.63) is 29.3 Å². The fourth-order valence-corrected chi connectivity index (χ4v) is 1.54. The van der Waals surface area contributed by atoms with E-state index in [1.165, 1.54) is 0 Å². The number of nitrogens with zero attached hydrogens (tertiary/aromatic N) is 1. The number of carbonyl (C=O) groups is 1. The Labute approximate surface area is 108 Å². The summed E-state index contributed by atoms with van der Waals surface area (Å²) in [7, 11) is 1.73. The van der Waals surface area contributed by atoms with Gasteiger partial charge in [0, 0.05) is 19.2 Å². The third-order valence-electron chi connectivity index (χ3n) is 2.87. The van der Waals surface area contributed by atoms with E-state index in [0.29, 0.717) is 17.9 Å². The van der Waals surface area contributed by atoms with E-state index in [9.17, 15) is 9.90 Å². The van der Waals surface area contributed by atoms with Crippen LogP contribution in [0.25, 0.3) is 0 Å². The second kappa shape index (κ2) is 6.40. The van der Waals surface area contributed by atoms with Crippen LogP contribution in [-0.2, 0) is 4.79 Å². The monoisotopic (exact) mass is 251 g/mol. The minimum absolute atomic E-state index is 0.00644. The fourth-order valence-electron chi connectivity index (χ4n) is 1.54. The highest BCUT2D eigenvalue weighted by atomic mass is 16.5. The van der Waals surface area contributed by atoms with Gasteiger partial charge in [-0.05, 0) is 32.4 Å². The van der Waals surface area contributed by atoms with E-state index in [2.05, 4.69) is 0 Å². The van der Waals surface area contributed by atoms with Crippen LogP contribution in [0.3, 0.4) is 0 Å². The quantitative estimate of drug-likeness (QED) is 0.869. The lowest BCUT2D eigenvalue weighted by Crippen LogP contribution is -2.31. The number of aliphatic hydroxyl groups excluding tert-OH is 1. The second-order valence-corrected chi connectivity index (χ2v) is 4.41. The summed E-state index contributed by atoms with van der Waals surface area (Å²) in [5.74, 6) is 0.499. The van der Waals surface area contributed by atoms with Gasteiger partial charge in [-0.15, -0.1) is 0 Å². The number of aryl methyl sites for hydroxylation is 1. The average molecular weight is 251 g/mol. The van der Waals surface area contributed by atoms with Gasteiger partial charge >= 0.3 is 0 Å². The smallest absolute Gasteiger partial charge is 0.260 e. The fraction of sp³-hybridized carbons (Fsp3) is 0.500. The third-order valence-corrected chi connectivity index (χ3v) is 2.87. The molecule has 0 saturated carbocycles. The molecule has 0 fully saturated rings. The molecule has 1 amide bonds. The van der Waals surface area contributed by atoms with Crippen LogP contribution < -0.4 is 4.74 Å². The molecule has 0 unspecified atom stereocenters. The normalized spacial score (nSPS) is 12.1. The van der Waals surface area contributed by atoms with Crippen LogP contribution in [0, 0.1) is 6.92 Å². The van der Waals surface area contributed by atoms with Gasteiger partial charge in [0.1, 0.15) is 5.75 Å². The van der Waals surface area contributed by atoms with Crippen LogP contribution in [0.15, 0.2) is 18.2 Å². The number of likely N-dealkylation sites (N-methyl/N-ethyl adjacent to an activating group) is 1. The lowest BCUT2D eigenvalue weighted by atomic mass is 10.1. The van der Waals surface area contributed by atoms with E-state index >= 15 is 0 Å². The van der Waals surface area contributed by atoms with E-state index < -0.39 is 6.10 Å². The second-order valence-electron chi connectivity index (χ2n) is 4.41. The Morgan fingerprint density at radius 2 is 2.17 bits per heavy atom. The van der Waals surface area contributed by atoms with Crippen molar-refractivity contribution in [2.45, 2.75) is 26.9 Å². The van der Waals surface area contributed by atoms with E-state index in [1.54, 1.807) is 18.9 Å². The summed E-state index contributed by atoms with van der Waals surface area (Å²) in [6.45, 7) is 6.18. The molecule has 0 radical (unpaired) electrons. The molecule has 0 aromatic heterocycles. The van der Waals surface area contributed by atoms with Gasteiger partial charge in [-0.25, -0.2) is 0 Å². The highest BCUT2D eigenvalue weighted by Crippen LogP contribution is 2.26. The molecule has 0 aliphatic heterocycles. The zero-order chi connectivity index (χ0) is 13.7. The molecule has 100 valence electrons. The van der Waals surface area contributed by atoms with Gasteiger partial charge in [0.05, 0.1) is 6.10 Å². The van der Waals surface area contributed by atoms with Crippen LogP contribution in [0.1, 0.15) is 31.1 Å². The molecule has 0 saturated heterocycles. The third kappa shape index (κ3) is 3.74. The molecule has 4 heteroatoms. The van der Waals surface area contributed by atoms with Gasteiger partial charge in [-0.1, -0.05) is 12.1 Å².